The number of nitrogens with two attached hydrogens (primary N) is 1. The van der Waals surface area contributed by atoms with Crippen LogP contribution in [0, 0.1) is 5.92 Å². The molecule has 0 radical (unpaired) electrons. The molecule has 0 saturated carbocycles. The summed E-state index contributed by atoms with van der Waals surface area (Å²) in [6, 6.07) is 1.78. The van der Waals surface area contributed by atoms with Crippen molar-refractivity contribution in [3.05, 3.63) is 16.7 Å². The maximum atomic E-state index is 9.17. The third-order valence-corrected chi connectivity index (χ3v) is 2.79. The Kier molecular flexibility index (Phi) is 4.35. The summed E-state index contributed by atoms with van der Waals surface area (Å²) >= 11 is 3.37. The van der Waals surface area contributed by atoms with Gasteiger partial charge >= 0.3 is 0 Å². The second kappa shape index (κ2) is 5.32. The summed E-state index contributed by atoms with van der Waals surface area (Å²) in [7, 11) is 0. The van der Waals surface area contributed by atoms with Crippen LogP contribution >= 0.6 is 15.9 Å². The number of anilines is 2. The predicted octanol–water partition coefficient (Wildman–Crippen LogP) is 1.86. The van der Waals surface area contributed by atoms with Crippen molar-refractivity contribution in [2.45, 2.75) is 19.9 Å². The third-order valence-electron chi connectivity index (χ3n) is 2.19. The average Bonchev–Trinajstić information content (AvgIpc) is 2.16. The molecule has 1 aromatic rings. The molecule has 0 aliphatic carbocycles. The van der Waals surface area contributed by atoms with Gasteiger partial charge in [0.25, 0.3) is 0 Å². The molecule has 0 unspecified atom stereocenters. The molecule has 4 N–H and O–H groups in total. The zero-order chi connectivity index (χ0) is 11.4. The summed E-state index contributed by atoms with van der Waals surface area (Å²) in [5.41, 5.74) is 6.19. The molecular weight excluding hydrogens is 258 g/mol. The summed E-state index contributed by atoms with van der Waals surface area (Å²) in [5, 5.41) is 12.3. The van der Waals surface area contributed by atoms with Crippen LogP contribution in [0.15, 0.2) is 16.7 Å². The Morgan fingerprint density at radius 3 is 2.73 bits per heavy atom. The van der Waals surface area contributed by atoms with Crippen LogP contribution in [0.3, 0.4) is 0 Å². The Morgan fingerprint density at radius 1 is 1.60 bits per heavy atom. The number of nitrogens with one attached hydrogen (secondary N) is 1. The standard InChI is InChI=1S/C10H16BrN3O/c1-6(2)9(5-15)14-10-8(11)3-7(12)4-13-10/h3-4,6,9,15H,5,12H2,1-2H3,(H,13,14)/t9-/m1/s1. The summed E-state index contributed by atoms with van der Waals surface area (Å²) < 4.78 is 0.807. The van der Waals surface area contributed by atoms with Gasteiger partial charge in [-0.15, -0.1) is 0 Å². The lowest BCUT2D eigenvalue weighted by molar-refractivity contribution is 0.249. The van der Waals surface area contributed by atoms with Crippen LogP contribution in [-0.4, -0.2) is 22.7 Å². The largest absolute Gasteiger partial charge is 0.397 e. The molecule has 5 heteroatoms. The fourth-order valence-electron chi connectivity index (χ4n) is 1.16. The van der Waals surface area contributed by atoms with Crippen LogP contribution in [0.25, 0.3) is 0 Å². The first-order valence-corrected chi connectivity index (χ1v) is 5.62. The molecule has 0 aromatic carbocycles. The van der Waals surface area contributed by atoms with Crippen LogP contribution in [0.2, 0.25) is 0 Å². The molecule has 0 fully saturated rings. The number of pyridine rings is 1. The summed E-state index contributed by atoms with van der Waals surface area (Å²) in [4.78, 5) is 4.15. The molecule has 0 saturated heterocycles. The van der Waals surface area contributed by atoms with Crippen LogP contribution in [0.1, 0.15) is 13.8 Å². The normalized spacial score (nSPS) is 12.9. The molecule has 0 aliphatic rings. The van der Waals surface area contributed by atoms with Crippen molar-refractivity contribution in [2.75, 3.05) is 17.7 Å². The van der Waals surface area contributed by atoms with Gasteiger partial charge in [0, 0.05) is 0 Å². The molecular formula is C10H16BrN3O. The quantitative estimate of drug-likeness (QED) is 0.783. The van der Waals surface area contributed by atoms with E-state index in [1.165, 1.54) is 0 Å². The van der Waals surface area contributed by atoms with Crippen molar-refractivity contribution in [1.82, 2.24) is 4.98 Å². The highest BCUT2D eigenvalue weighted by Crippen LogP contribution is 2.23. The first kappa shape index (κ1) is 12.3. The van der Waals surface area contributed by atoms with E-state index < -0.39 is 0 Å². The number of rotatable bonds is 4. The van der Waals surface area contributed by atoms with E-state index in [-0.39, 0.29) is 12.6 Å². The van der Waals surface area contributed by atoms with Gasteiger partial charge in [0.15, 0.2) is 0 Å². The lowest BCUT2D eigenvalue weighted by Crippen LogP contribution is -2.30. The topological polar surface area (TPSA) is 71.2 Å². The van der Waals surface area contributed by atoms with Gasteiger partial charge in [0.05, 0.1) is 29.0 Å². The zero-order valence-electron chi connectivity index (χ0n) is 8.87. The first-order chi connectivity index (χ1) is 7.04. The number of hydrogen-bond acceptors (Lipinski definition) is 4. The van der Waals surface area contributed by atoms with E-state index in [9.17, 15) is 5.11 Å². The van der Waals surface area contributed by atoms with Crippen LogP contribution in [-0.2, 0) is 0 Å². The second-order valence-electron chi connectivity index (χ2n) is 3.78. The smallest absolute Gasteiger partial charge is 0.140 e. The molecule has 0 bridgehead atoms. The van der Waals surface area contributed by atoms with Gasteiger partial charge in [-0.1, -0.05) is 13.8 Å². The minimum Gasteiger partial charge on any atom is -0.397 e. The zero-order valence-corrected chi connectivity index (χ0v) is 10.5. The van der Waals surface area contributed by atoms with Gasteiger partial charge in [0.1, 0.15) is 5.82 Å². The summed E-state index contributed by atoms with van der Waals surface area (Å²) in [6.07, 6.45) is 1.59. The molecule has 0 amide bonds. The molecule has 1 atom stereocenters. The fourth-order valence-corrected chi connectivity index (χ4v) is 1.64. The van der Waals surface area contributed by atoms with Gasteiger partial charge in [0.2, 0.25) is 0 Å². The van der Waals surface area contributed by atoms with E-state index in [0.29, 0.717) is 17.4 Å². The van der Waals surface area contributed by atoms with Crippen LogP contribution < -0.4 is 11.1 Å². The Hall–Kier alpha value is -0.810. The highest BCUT2D eigenvalue weighted by molar-refractivity contribution is 9.10. The molecule has 1 heterocycles. The fraction of sp³-hybridized carbons (Fsp3) is 0.500. The van der Waals surface area contributed by atoms with E-state index in [0.717, 1.165) is 4.47 Å². The lowest BCUT2D eigenvalue weighted by atomic mass is 10.1. The van der Waals surface area contributed by atoms with Gasteiger partial charge < -0.3 is 16.2 Å². The monoisotopic (exact) mass is 273 g/mol. The van der Waals surface area contributed by atoms with Crippen molar-refractivity contribution in [3.63, 3.8) is 0 Å². The first-order valence-electron chi connectivity index (χ1n) is 4.83. The Morgan fingerprint density at radius 2 is 2.27 bits per heavy atom. The molecule has 0 aliphatic heterocycles. The summed E-state index contributed by atoms with van der Waals surface area (Å²) in [5.74, 6) is 1.04. The molecule has 84 valence electrons. The predicted molar refractivity (Wildman–Crippen MR) is 65.7 cm³/mol. The number of halogens is 1. The van der Waals surface area contributed by atoms with E-state index in [2.05, 4.69) is 26.2 Å². The average molecular weight is 274 g/mol. The molecule has 1 aromatic heterocycles. The van der Waals surface area contributed by atoms with Gasteiger partial charge in [-0.05, 0) is 27.9 Å². The van der Waals surface area contributed by atoms with E-state index >= 15 is 0 Å². The number of hydrogen-bond donors (Lipinski definition) is 3. The number of nitrogen functional groups attached to an aromatic ring is 1. The maximum Gasteiger partial charge on any atom is 0.140 e. The number of aliphatic hydroxyl groups excluding tert-OH is 1. The molecule has 0 spiro atoms. The van der Waals surface area contributed by atoms with E-state index in [4.69, 9.17) is 5.73 Å². The van der Waals surface area contributed by atoms with Crippen LogP contribution in [0.4, 0.5) is 11.5 Å². The van der Waals surface area contributed by atoms with Gasteiger partial charge in [-0.3, -0.25) is 0 Å². The molecule has 4 nitrogen and oxygen atoms in total. The Bertz CT molecular complexity index is 330. The number of aliphatic hydroxyl groups is 1. The van der Waals surface area contributed by atoms with Crippen LogP contribution in [0.5, 0.6) is 0 Å². The van der Waals surface area contributed by atoms with Crippen molar-refractivity contribution >= 4 is 27.4 Å². The van der Waals surface area contributed by atoms with Crippen molar-refractivity contribution in [3.8, 4) is 0 Å². The molecule has 15 heavy (non-hydrogen) atoms. The van der Waals surface area contributed by atoms with Crippen molar-refractivity contribution < 1.29 is 5.11 Å². The Balaban J connectivity index is 2.79. The lowest BCUT2D eigenvalue weighted by Gasteiger charge is -2.21. The SMILES string of the molecule is CC(C)[C@@H](CO)Nc1ncc(N)cc1Br. The highest BCUT2D eigenvalue weighted by Gasteiger charge is 2.13. The van der Waals surface area contributed by atoms with Crippen molar-refractivity contribution in [2.24, 2.45) is 5.92 Å². The van der Waals surface area contributed by atoms with E-state index in [1.54, 1.807) is 12.3 Å². The molecule has 1 rings (SSSR count). The highest BCUT2D eigenvalue weighted by atomic mass is 79.9. The second-order valence-corrected chi connectivity index (χ2v) is 4.63. The van der Waals surface area contributed by atoms with Gasteiger partial charge in [-0.2, -0.15) is 0 Å². The van der Waals surface area contributed by atoms with E-state index in [1.807, 2.05) is 13.8 Å². The Labute approximate surface area is 98.0 Å². The number of aromatic nitrogens is 1. The number of nitrogens with zero attached hydrogens (tertiary/aromatic N) is 1. The minimum absolute atomic E-state index is 0.00238. The maximum absolute atomic E-state index is 9.17. The van der Waals surface area contributed by atoms with Crippen molar-refractivity contribution in [1.29, 1.82) is 0 Å². The minimum atomic E-state index is -0.00238. The van der Waals surface area contributed by atoms with Gasteiger partial charge in [-0.25, -0.2) is 4.98 Å². The third kappa shape index (κ3) is 3.35. The summed E-state index contributed by atoms with van der Waals surface area (Å²) in [6.45, 7) is 4.16.